The Morgan fingerprint density at radius 3 is 2.68 bits per heavy atom. The maximum absolute atomic E-state index is 11.7. The van der Waals surface area contributed by atoms with Crippen LogP contribution >= 0.6 is 23.4 Å². The molecule has 19 heavy (non-hydrogen) atoms. The molecule has 0 saturated carbocycles. The topological polar surface area (TPSA) is 47.6 Å². The second kappa shape index (κ2) is 7.96. The minimum atomic E-state index is -0.116. The van der Waals surface area contributed by atoms with Gasteiger partial charge in [0.05, 0.1) is 30.7 Å². The first-order valence-corrected chi connectivity index (χ1v) is 7.05. The van der Waals surface area contributed by atoms with Crippen LogP contribution in [0, 0.1) is 0 Å². The van der Waals surface area contributed by atoms with E-state index in [-0.39, 0.29) is 5.91 Å². The van der Waals surface area contributed by atoms with Crippen molar-refractivity contribution in [1.29, 1.82) is 0 Å². The van der Waals surface area contributed by atoms with Gasteiger partial charge < -0.3 is 14.8 Å². The third-order valence-corrected chi connectivity index (χ3v) is 3.45. The summed E-state index contributed by atoms with van der Waals surface area (Å²) in [5.74, 6) is 1.94. The van der Waals surface area contributed by atoms with Crippen LogP contribution in [-0.4, -0.2) is 31.6 Å². The van der Waals surface area contributed by atoms with Crippen LogP contribution in [-0.2, 0) is 4.79 Å². The lowest BCUT2D eigenvalue weighted by Crippen LogP contribution is -2.15. The molecule has 1 aromatic carbocycles. The van der Waals surface area contributed by atoms with E-state index in [4.69, 9.17) is 21.1 Å². The molecular weight excluding hydrogens is 286 g/mol. The molecule has 0 atom stereocenters. The number of benzene rings is 1. The van der Waals surface area contributed by atoms with Gasteiger partial charge in [-0.15, -0.1) is 18.3 Å². The van der Waals surface area contributed by atoms with Gasteiger partial charge in [-0.1, -0.05) is 17.7 Å². The van der Waals surface area contributed by atoms with Crippen molar-refractivity contribution in [2.45, 2.75) is 0 Å². The van der Waals surface area contributed by atoms with Gasteiger partial charge in [-0.25, -0.2) is 0 Å². The zero-order valence-corrected chi connectivity index (χ0v) is 12.4. The number of halogens is 1. The fourth-order valence-electron chi connectivity index (χ4n) is 1.38. The number of nitrogens with one attached hydrogen (secondary N) is 1. The van der Waals surface area contributed by atoms with E-state index in [0.29, 0.717) is 28.0 Å². The van der Waals surface area contributed by atoms with Gasteiger partial charge in [0.1, 0.15) is 11.5 Å². The lowest BCUT2D eigenvalue weighted by molar-refractivity contribution is -0.113. The van der Waals surface area contributed by atoms with Crippen LogP contribution in [0.3, 0.4) is 0 Å². The summed E-state index contributed by atoms with van der Waals surface area (Å²) in [6, 6.07) is 3.24. The van der Waals surface area contributed by atoms with Crippen LogP contribution in [0.5, 0.6) is 11.5 Å². The highest BCUT2D eigenvalue weighted by Gasteiger charge is 2.12. The van der Waals surface area contributed by atoms with Crippen molar-refractivity contribution in [3.05, 3.63) is 29.8 Å². The monoisotopic (exact) mass is 301 g/mol. The molecule has 0 spiro atoms. The van der Waals surface area contributed by atoms with Crippen LogP contribution in [0.2, 0.25) is 5.02 Å². The van der Waals surface area contributed by atoms with Crippen molar-refractivity contribution in [2.24, 2.45) is 0 Å². The van der Waals surface area contributed by atoms with Crippen molar-refractivity contribution in [1.82, 2.24) is 0 Å². The highest BCUT2D eigenvalue weighted by atomic mass is 35.5. The van der Waals surface area contributed by atoms with E-state index in [0.717, 1.165) is 5.75 Å². The fraction of sp³-hybridized carbons (Fsp3) is 0.308. The Balaban J connectivity index is 2.80. The molecule has 0 aromatic heterocycles. The van der Waals surface area contributed by atoms with Crippen molar-refractivity contribution >= 4 is 35.0 Å². The van der Waals surface area contributed by atoms with E-state index in [9.17, 15) is 4.79 Å². The summed E-state index contributed by atoms with van der Waals surface area (Å²) in [6.07, 6.45) is 1.75. The molecule has 0 bridgehead atoms. The zero-order valence-electron chi connectivity index (χ0n) is 10.9. The number of rotatable bonds is 7. The molecule has 6 heteroatoms. The largest absolute Gasteiger partial charge is 0.495 e. The van der Waals surface area contributed by atoms with Gasteiger partial charge in [0.15, 0.2) is 0 Å². The summed E-state index contributed by atoms with van der Waals surface area (Å²) < 4.78 is 10.3. The van der Waals surface area contributed by atoms with E-state index in [2.05, 4.69) is 11.9 Å². The van der Waals surface area contributed by atoms with Crippen LogP contribution in [0.1, 0.15) is 0 Å². The first-order chi connectivity index (χ1) is 9.12. The first-order valence-electron chi connectivity index (χ1n) is 5.52. The van der Waals surface area contributed by atoms with Gasteiger partial charge >= 0.3 is 0 Å². The van der Waals surface area contributed by atoms with E-state index in [1.54, 1.807) is 18.2 Å². The minimum absolute atomic E-state index is 0.116. The Morgan fingerprint density at radius 2 is 2.11 bits per heavy atom. The SMILES string of the molecule is C=CCSCC(=O)Nc1cc(OC)c(Cl)cc1OC. The molecule has 0 unspecified atom stereocenters. The molecule has 0 aliphatic heterocycles. The Hall–Kier alpha value is -1.33. The quantitative estimate of drug-likeness (QED) is 0.620. The minimum Gasteiger partial charge on any atom is -0.495 e. The molecular formula is C13H16ClNO3S. The number of thioether (sulfide) groups is 1. The number of amides is 1. The Labute approximate surface area is 122 Å². The number of carbonyl (C=O) groups excluding carboxylic acids is 1. The first kappa shape index (κ1) is 15.7. The molecule has 104 valence electrons. The number of hydrogen-bond acceptors (Lipinski definition) is 4. The molecule has 4 nitrogen and oxygen atoms in total. The van der Waals surface area contributed by atoms with Crippen LogP contribution < -0.4 is 14.8 Å². The predicted octanol–water partition coefficient (Wildman–Crippen LogP) is 3.21. The maximum atomic E-state index is 11.7. The van der Waals surface area contributed by atoms with Gasteiger partial charge in [-0.05, 0) is 0 Å². The van der Waals surface area contributed by atoms with Crippen LogP contribution in [0.4, 0.5) is 5.69 Å². The highest BCUT2D eigenvalue weighted by Crippen LogP contribution is 2.35. The Kier molecular flexibility index (Phi) is 6.59. The molecule has 0 aliphatic rings. The molecule has 0 radical (unpaired) electrons. The van der Waals surface area contributed by atoms with E-state index < -0.39 is 0 Å². The third kappa shape index (κ3) is 4.69. The molecule has 0 heterocycles. The second-order valence-corrected chi connectivity index (χ2v) is 4.98. The summed E-state index contributed by atoms with van der Waals surface area (Å²) in [7, 11) is 3.03. The van der Waals surface area contributed by atoms with E-state index >= 15 is 0 Å². The number of hydrogen-bond donors (Lipinski definition) is 1. The molecule has 1 N–H and O–H groups in total. The Bertz CT molecular complexity index is 465. The molecule has 0 aliphatic carbocycles. The van der Waals surface area contributed by atoms with Crippen molar-refractivity contribution in [3.63, 3.8) is 0 Å². The maximum Gasteiger partial charge on any atom is 0.234 e. The average molecular weight is 302 g/mol. The lowest BCUT2D eigenvalue weighted by atomic mass is 10.2. The number of ether oxygens (including phenoxy) is 2. The molecule has 1 rings (SSSR count). The van der Waals surface area contributed by atoms with Gasteiger partial charge in [-0.3, -0.25) is 4.79 Å². The number of methoxy groups -OCH3 is 2. The summed E-state index contributed by atoms with van der Waals surface area (Å²) in [5, 5.41) is 3.19. The molecule has 1 amide bonds. The fourth-order valence-corrected chi connectivity index (χ4v) is 2.15. The van der Waals surface area contributed by atoms with Gasteiger partial charge in [0, 0.05) is 17.9 Å². The van der Waals surface area contributed by atoms with E-state index in [1.807, 2.05) is 0 Å². The highest BCUT2D eigenvalue weighted by molar-refractivity contribution is 8.00. The summed E-state index contributed by atoms with van der Waals surface area (Å²) in [4.78, 5) is 11.7. The van der Waals surface area contributed by atoms with Crippen molar-refractivity contribution in [3.8, 4) is 11.5 Å². The molecule has 1 aromatic rings. The third-order valence-electron chi connectivity index (χ3n) is 2.22. The average Bonchev–Trinajstić information content (AvgIpc) is 2.40. The molecule has 0 saturated heterocycles. The van der Waals surface area contributed by atoms with Gasteiger partial charge in [0.25, 0.3) is 0 Å². The zero-order chi connectivity index (χ0) is 14.3. The van der Waals surface area contributed by atoms with Gasteiger partial charge in [-0.2, -0.15) is 0 Å². The standard InChI is InChI=1S/C13H16ClNO3S/c1-4-5-19-8-13(16)15-10-7-11(17-2)9(14)6-12(10)18-3/h4,6-7H,1,5,8H2,2-3H3,(H,15,16). The van der Waals surface area contributed by atoms with Crippen LogP contribution in [0.25, 0.3) is 0 Å². The second-order valence-electron chi connectivity index (χ2n) is 3.54. The Morgan fingerprint density at radius 1 is 1.42 bits per heavy atom. The predicted molar refractivity (Wildman–Crippen MR) is 80.7 cm³/mol. The number of carbonyl (C=O) groups is 1. The normalized spacial score (nSPS) is 9.84. The summed E-state index contributed by atoms with van der Waals surface area (Å²) in [6.45, 7) is 3.60. The lowest BCUT2D eigenvalue weighted by Gasteiger charge is -2.13. The smallest absolute Gasteiger partial charge is 0.234 e. The molecule has 0 fully saturated rings. The summed E-state index contributed by atoms with van der Waals surface area (Å²) in [5.41, 5.74) is 0.535. The number of anilines is 1. The van der Waals surface area contributed by atoms with Crippen molar-refractivity contribution < 1.29 is 14.3 Å². The van der Waals surface area contributed by atoms with Crippen LogP contribution in [0.15, 0.2) is 24.8 Å². The van der Waals surface area contributed by atoms with E-state index in [1.165, 1.54) is 26.0 Å². The summed E-state index contributed by atoms with van der Waals surface area (Å²) >= 11 is 7.47. The van der Waals surface area contributed by atoms with Crippen molar-refractivity contribution in [2.75, 3.05) is 31.0 Å². The van der Waals surface area contributed by atoms with Gasteiger partial charge in [0.2, 0.25) is 5.91 Å².